The molecule has 7 aromatic rings. The van der Waals surface area contributed by atoms with Gasteiger partial charge >= 0.3 is 0 Å². The summed E-state index contributed by atoms with van der Waals surface area (Å²) in [6.07, 6.45) is 2.04. The van der Waals surface area contributed by atoms with Crippen LogP contribution < -0.4 is 25.8 Å². The first-order valence-corrected chi connectivity index (χ1v) is 24.9. The van der Waals surface area contributed by atoms with E-state index in [0.29, 0.717) is 34.9 Å². The summed E-state index contributed by atoms with van der Waals surface area (Å²) >= 11 is 17.3. The summed E-state index contributed by atoms with van der Waals surface area (Å²) in [4.78, 5) is 17.1. The van der Waals surface area contributed by atoms with Gasteiger partial charge in [-0.2, -0.15) is 10.2 Å². The van der Waals surface area contributed by atoms with Gasteiger partial charge in [0.05, 0.1) is 27.3 Å². The summed E-state index contributed by atoms with van der Waals surface area (Å²) in [6, 6.07) is 31.4. The number of nitrogens with zero attached hydrogens (tertiary/aromatic N) is 8. The molecule has 0 radical (unpaired) electrons. The maximum absolute atomic E-state index is 10.0. The number of nitrogens with one attached hydrogen (secondary N) is 1. The molecule has 0 unspecified atom stereocenters. The maximum atomic E-state index is 10.0. The predicted molar refractivity (Wildman–Crippen MR) is 280 cm³/mol. The number of thiophene rings is 2. The van der Waals surface area contributed by atoms with E-state index in [0.717, 1.165) is 77.0 Å². The zero-order valence-corrected chi connectivity index (χ0v) is 42.8. The van der Waals surface area contributed by atoms with Crippen LogP contribution in [0.1, 0.15) is 60.1 Å². The molecule has 0 spiro atoms. The van der Waals surface area contributed by atoms with Crippen molar-refractivity contribution in [3.8, 4) is 16.5 Å². The van der Waals surface area contributed by atoms with Crippen molar-refractivity contribution in [2.24, 2.45) is 21.0 Å². The van der Waals surface area contributed by atoms with Gasteiger partial charge in [-0.05, 0) is 105 Å². The van der Waals surface area contributed by atoms with Crippen molar-refractivity contribution in [2.45, 2.75) is 47.4 Å². The molecule has 0 atom stereocenters. The Morgan fingerprint density at radius 3 is 1.68 bits per heavy atom. The van der Waals surface area contributed by atoms with Gasteiger partial charge in [-0.1, -0.05) is 83.5 Å². The van der Waals surface area contributed by atoms with Crippen molar-refractivity contribution in [3.63, 3.8) is 0 Å². The van der Waals surface area contributed by atoms with Crippen molar-refractivity contribution in [2.75, 3.05) is 32.1 Å². The number of rotatable bonds is 10. The number of aryl methyl sites for hydroxylation is 2. The quantitative estimate of drug-likeness (QED) is 0.0581. The number of hydrogen-bond donors (Lipinski definition) is 4. The molecule has 0 saturated heterocycles. The topological polar surface area (TPSA) is 188 Å². The van der Waals surface area contributed by atoms with E-state index in [1.54, 1.807) is 54.1 Å². The number of fused-ring (bicyclic) bond motifs is 4. The van der Waals surface area contributed by atoms with Crippen molar-refractivity contribution in [3.05, 3.63) is 167 Å². The van der Waals surface area contributed by atoms with Crippen LogP contribution in [0.3, 0.4) is 0 Å². The van der Waals surface area contributed by atoms with Crippen LogP contribution in [0.4, 0.5) is 10.9 Å². The Hall–Kier alpha value is -6.09. The molecule has 1 amide bonds. The fraction of sp³-hybridized carbons (Fsp3) is 0.224. The number of amides is 1. The summed E-state index contributed by atoms with van der Waals surface area (Å²) in [5, 5.41) is 44.7. The van der Waals surface area contributed by atoms with E-state index in [1.807, 2.05) is 106 Å². The number of nitrogens with two attached hydrogens (primary N) is 1. The molecule has 69 heavy (non-hydrogen) atoms. The van der Waals surface area contributed by atoms with Crippen molar-refractivity contribution in [1.29, 1.82) is 0 Å². The lowest BCUT2D eigenvalue weighted by Crippen LogP contribution is -2.32. The number of hydrazone groups is 2. The number of anilines is 1. The third-order valence-electron chi connectivity index (χ3n) is 11.1. The Labute approximate surface area is 422 Å². The van der Waals surface area contributed by atoms with E-state index in [2.05, 4.69) is 55.9 Å². The number of aliphatic imine (C=N–C) groups is 1. The van der Waals surface area contributed by atoms with Gasteiger partial charge in [0.2, 0.25) is 0 Å². The van der Waals surface area contributed by atoms with Gasteiger partial charge in [-0.3, -0.25) is 14.8 Å². The number of carbonyl (C=O) groups excluding carboxylic acids is 1. The summed E-state index contributed by atoms with van der Waals surface area (Å²) in [5.41, 5.74) is 12.1. The van der Waals surface area contributed by atoms with Crippen LogP contribution >= 0.6 is 57.6 Å². The number of aliphatic hydroxyl groups excluding tert-OH is 2. The third-order valence-corrected chi connectivity index (χ3v) is 14.5. The highest BCUT2D eigenvalue weighted by atomic mass is 35.5. The molecule has 9 rings (SSSR count). The zero-order valence-electron chi connectivity index (χ0n) is 38.8. The summed E-state index contributed by atoms with van der Waals surface area (Å²) in [5.74, 6) is 6.61. The number of aromatic nitrogens is 3. The van der Waals surface area contributed by atoms with E-state index in [9.17, 15) is 9.90 Å². The number of aliphatic hydroxyl groups is 2. The Kier molecular flexibility index (Phi) is 16.9. The highest BCUT2D eigenvalue weighted by molar-refractivity contribution is 8.13. The van der Waals surface area contributed by atoms with Crippen LogP contribution in [0.15, 0.2) is 112 Å². The Morgan fingerprint density at radius 1 is 0.710 bits per heavy atom. The van der Waals surface area contributed by atoms with Crippen LogP contribution in [0, 0.1) is 27.7 Å². The SMILES string of the molecule is COc1ccc(CN2N=C(c3ccc(Cl)cc3)c3c(sc(C)c3C)-n3c(CO)nnc32)cc1.COc1ccc(CN2N=C(c3ccc(Cl)cc3)c3c(sc(C)c3C)N=C2SC)cc1.NNC(=O)CO. The van der Waals surface area contributed by atoms with Crippen LogP contribution in [0.2, 0.25) is 10.0 Å². The zero-order chi connectivity index (χ0) is 49.4. The number of benzene rings is 4. The minimum Gasteiger partial charge on any atom is -0.497 e. The molecule has 5 heterocycles. The van der Waals surface area contributed by atoms with E-state index >= 15 is 0 Å². The normalized spacial score (nSPS) is 12.6. The first-order valence-electron chi connectivity index (χ1n) is 21.3. The fourth-order valence-electron chi connectivity index (χ4n) is 7.20. The minimum absolute atomic E-state index is 0.227. The average molecular weight is 1030 g/mol. The minimum atomic E-state index is -0.574. The van der Waals surface area contributed by atoms with Gasteiger partial charge in [0, 0.05) is 42.1 Å². The molecule has 0 bridgehead atoms. The number of halogens is 2. The molecule has 358 valence electrons. The van der Waals surface area contributed by atoms with Gasteiger partial charge in [0.15, 0.2) is 11.0 Å². The summed E-state index contributed by atoms with van der Waals surface area (Å²) in [7, 11) is 3.32. The van der Waals surface area contributed by atoms with E-state index < -0.39 is 12.5 Å². The van der Waals surface area contributed by atoms with Gasteiger partial charge in [-0.25, -0.2) is 20.9 Å². The van der Waals surface area contributed by atoms with Gasteiger partial charge in [0.1, 0.15) is 46.1 Å². The number of amidine groups is 1. The fourth-order valence-corrected chi connectivity index (χ4v) is 10.2. The second-order valence-electron chi connectivity index (χ2n) is 15.4. The number of carbonyl (C=O) groups is 1. The summed E-state index contributed by atoms with van der Waals surface area (Å²) < 4.78 is 12.5. The molecule has 0 aliphatic carbocycles. The molecule has 0 fully saturated rings. The molecular weight excluding hydrogens is 976 g/mol. The first-order chi connectivity index (χ1) is 33.3. The number of hydrazine groups is 1. The number of hydrogen-bond acceptors (Lipinski definition) is 16. The standard InChI is InChI=1S/C24H22ClN5O2S.C23H22ClN3OS2.C2H6N2O2/c1-14-15(2)33-23-21(14)22(17-6-8-18(25)9-7-17)28-29(24-27-26-20(13-31)30(23)24)12-16-4-10-19(32-3)11-5-16;1-14-15(2)30-22-20(14)21(17-7-9-18(24)10-8-17)26-27(23(25-22)29-4)13-16-5-11-19(28-3)12-6-16;3-4-2(6)1-5/h4-11,31H,12-13H2,1-3H3;5-12H,13H2,1-4H3;5H,1,3H2,(H,4,6). The van der Waals surface area contributed by atoms with E-state index in [-0.39, 0.29) is 6.61 Å². The van der Waals surface area contributed by atoms with Crippen molar-refractivity contribution >= 4 is 91.1 Å². The molecule has 0 saturated carbocycles. The predicted octanol–water partition coefficient (Wildman–Crippen LogP) is 9.49. The average Bonchev–Trinajstić information content (AvgIpc) is 3.95. The van der Waals surface area contributed by atoms with Crippen LogP contribution in [-0.4, -0.2) is 79.6 Å². The second kappa shape index (κ2) is 23.0. The van der Waals surface area contributed by atoms with E-state index in [4.69, 9.17) is 53.0 Å². The molecule has 20 heteroatoms. The monoisotopic (exact) mass is 1020 g/mol. The first kappa shape index (κ1) is 50.8. The lowest BCUT2D eigenvalue weighted by molar-refractivity contribution is -0.123. The highest BCUT2D eigenvalue weighted by Crippen LogP contribution is 2.41. The third kappa shape index (κ3) is 11.5. The van der Waals surface area contributed by atoms with Gasteiger partial charge in [-0.15, -0.1) is 32.9 Å². The highest BCUT2D eigenvalue weighted by Gasteiger charge is 2.31. The number of ether oxygens (including phenoxy) is 2. The van der Waals surface area contributed by atoms with E-state index in [1.165, 1.54) is 15.3 Å². The molecular formula is C49H50Cl2N10O5S3. The smallest absolute Gasteiger partial charge is 0.259 e. The summed E-state index contributed by atoms with van der Waals surface area (Å²) in [6.45, 7) is 8.78. The van der Waals surface area contributed by atoms with Crippen molar-refractivity contribution in [1.82, 2.24) is 25.2 Å². The molecule has 15 nitrogen and oxygen atoms in total. The van der Waals surface area contributed by atoms with Crippen LogP contribution in [-0.2, 0) is 24.5 Å². The Morgan fingerprint density at radius 2 is 1.20 bits per heavy atom. The Balaban J connectivity index is 0.000000183. The molecule has 2 aliphatic rings. The number of methoxy groups -OCH3 is 2. The van der Waals surface area contributed by atoms with Crippen molar-refractivity contribution < 1.29 is 24.5 Å². The molecule has 2 aliphatic heterocycles. The maximum Gasteiger partial charge on any atom is 0.259 e. The van der Waals surface area contributed by atoms with Crippen LogP contribution in [0.25, 0.3) is 5.00 Å². The Bertz CT molecular complexity index is 3000. The second-order valence-corrected chi connectivity index (χ2v) is 19.4. The van der Waals surface area contributed by atoms with Crippen LogP contribution in [0.5, 0.6) is 11.5 Å². The molecule has 5 N–H and O–H groups in total. The largest absolute Gasteiger partial charge is 0.497 e. The molecule has 4 aromatic carbocycles. The molecule has 3 aromatic heterocycles. The van der Waals surface area contributed by atoms with Gasteiger partial charge < -0.3 is 19.7 Å². The number of thioether (sulfide) groups is 1. The van der Waals surface area contributed by atoms with Gasteiger partial charge in [0.25, 0.3) is 11.9 Å². The lowest BCUT2D eigenvalue weighted by Gasteiger charge is -2.20. The lowest BCUT2D eigenvalue weighted by atomic mass is 10.00.